The molecular formula is C32H44N8O16S2. The number of esters is 1. The molecular weight excluding hydrogens is 817 g/mol. The molecule has 320 valence electrons. The molecule has 0 heterocycles. The second-order valence-electron chi connectivity index (χ2n) is 11.8. The summed E-state index contributed by atoms with van der Waals surface area (Å²) >= 11 is 1.66. The van der Waals surface area contributed by atoms with E-state index in [1.165, 1.54) is 18.2 Å². The normalized spacial score (nSPS) is 12.6. The second-order valence-corrected chi connectivity index (χ2v) is 13.9. The Hall–Kier alpha value is -5.99. The summed E-state index contributed by atoms with van der Waals surface area (Å²) in [5.41, 5.74) is 10.7. The van der Waals surface area contributed by atoms with E-state index in [0.717, 1.165) is 30.6 Å². The number of carboxylic acid groups (broad SMARTS) is 4. The zero-order chi connectivity index (χ0) is 43.9. The Morgan fingerprint density at radius 3 is 1.43 bits per heavy atom. The lowest BCUT2D eigenvalue weighted by Crippen LogP contribution is -2.49. The van der Waals surface area contributed by atoms with Gasteiger partial charge in [-0.2, -0.15) is 0 Å². The molecule has 6 amide bonds. The smallest absolute Gasteiger partial charge is 0.337 e. The number of carbonyl (C=O) groups excluding carboxylic acids is 7. The van der Waals surface area contributed by atoms with Crippen molar-refractivity contribution in [3.63, 3.8) is 0 Å². The van der Waals surface area contributed by atoms with Crippen LogP contribution < -0.4 is 43.4 Å². The van der Waals surface area contributed by atoms with Crippen LogP contribution in [0.25, 0.3) is 0 Å². The summed E-state index contributed by atoms with van der Waals surface area (Å²) in [5.74, 6) is -12.2. The van der Waals surface area contributed by atoms with Crippen molar-refractivity contribution < 1.29 is 77.9 Å². The van der Waals surface area contributed by atoms with Gasteiger partial charge in [0, 0.05) is 24.3 Å². The van der Waals surface area contributed by atoms with E-state index in [2.05, 4.69) is 31.9 Å². The summed E-state index contributed by atoms with van der Waals surface area (Å²) < 4.78 is 4.71. The highest BCUT2D eigenvalue weighted by molar-refractivity contribution is 8.00. The van der Waals surface area contributed by atoms with Crippen molar-refractivity contribution in [2.24, 2.45) is 11.5 Å². The minimum Gasteiger partial charge on any atom is -0.480 e. The minimum absolute atomic E-state index is 0.00631. The van der Waals surface area contributed by atoms with Crippen LogP contribution in [0.2, 0.25) is 0 Å². The van der Waals surface area contributed by atoms with Crippen LogP contribution in [0.3, 0.4) is 0 Å². The highest BCUT2D eigenvalue weighted by atomic mass is 32.2. The van der Waals surface area contributed by atoms with Crippen molar-refractivity contribution in [1.29, 1.82) is 0 Å². The molecule has 0 aromatic heterocycles. The summed E-state index contributed by atoms with van der Waals surface area (Å²) in [6, 6.07) is -1.65. The molecule has 1 aromatic carbocycles. The zero-order valence-electron chi connectivity index (χ0n) is 30.8. The Bertz CT molecular complexity index is 1710. The Labute approximate surface area is 337 Å². The molecule has 24 nitrogen and oxygen atoms in total. The Morgan fingerprint density at radius 2 is 1.05 bits per heavy atom. The molecule has 4 atom stereocenters. The number of rotatable bonds is 27. The first-order valence-electron chi connectivity index (χ1n) is 16.8. The highest BCUT2D eigenvalue weighted by Gasteiger charge is 2.25. The number of hydrogen-bond donors (Lipinski definition) is 12. The van der Waals surface area contributed by atoms with Crippen LogP contribution in [-0.4, -0.2) is 153 Å². The number of aliphatic carboxylic acids is 4. The fraction of sp³-hybridized carbons (Fsp3) is 0.469. The minimum atomic E-state index is -1.38. The molecule has 0 aliphatic rings. The topological polar surface area (TPSA) is 402 Å². The third-order valence-corrected chi connectivity index (χ3v) is 9.23. The molecule has 26 heteroatoms. The Balaban J connectivity index is 3.02. The van der Waals surface area contributed by atoms with Crippen LogP contribution in [0.15, 0.2) is 18.2 Å². The molecule has 0 spiro atoms. The predicted octanol–water partition coefficient (Wildman–Crippen LogP) is -3.43. The summed E-state index contributed by atoms with van der Waals surface area (Å²) in [6.45, 7) is -1.56. The molecule has 0 saturated carbocycles. The van der Waals surface area contributed by atoms with E-state index < -0.39 is 103 Å². The molecule has 14 N–H and O–H groups in total. The number of methoxy groups -OCH3 is 1. The van der Waals surface area contributed by atoms with E-state index in [-0.39, 0.29) is 65.6 Å². The van der Waals surface area contributed by atoms with E-state index in [4.69, 9.17) is 36.6 Å². The van der Waals surface area contributed by atoms with Gasteiger partial charge >= 0.3 is 29.8 Å². The largest absolute Gasteiger partial charge is 0.480 e. The molecule has 1 aromatic rings. The average molecular weight is 861 g/mol. The number of amides is 6. The van der Waals surface area contributed by atoms with Gasteiger partial charge in [-0.1, -0.05) is 0 Å². The number of nitrogens with one attached hydrogen (secondary N) is 6. The zero-order valence-corrected chi connectivity index (χ0v) is 32.4. The summed E-state index contributed by atoms with van der Waals surface area (Å²) in [7, 11) is 1.11. The Morgan fingerprint density at radius 1 is 0.638 bits per heavy atom. The van der Waals surface area contributed by atoms with Crippen LogP contribution in [0.4, 0.5) is 11.4 Å². The van der Waals surface area contributed by atoms with Gasteiger partial charge in [0.15, 0.2) is 0 Å². The quantitative estimate of drug-likeness (QED) is 0.0383. The van der Waals surface area contributed by atoms with Gasteiger partial charge in [-0.25, -0.2) is 4.79 Å². The standard InChI is InChI=1S/C32H44N8O16S2/c1-56-32(55)15-2-5-18(37-24(43)13-57-11-20(28(49)35-9-26(45)46)39-22(41)6-3-16(33)30(51)52)19(8-15)38-25(44)14-58-12-21(29(50)36-10-27(47)48)40-23(42)7-4-17(34)31(53)54/h2,5,8,16-17,20-21H,3-4,6-7,9-14,33-34H2,1H3,(H,35,49)(H,36,50)(H,37,43)(H,38,44)(H,39,41)(H,40,42)(H,45,46)(H,47,48)(H,51,52)(H,53,54). The molecule has 0 fully saturated rings. The van der Waals surface area contributed by atoms with Crippen LogP contribution in [0.5, 0.6) is 0 Å². The first-order valence-corrected chi connectivity index (χ1v) is 19.1. The number of carboxylic acids is 4. The number of anilines is 2. The van der Waals surface area contributed by atoms with Crippen molar-refractivity contribution in [2.75, 3.05) is 53.8 Å². The lowest BCUT2D eigenvalue weighted by Gasteiger charge is -2.19. The summed E-state index contributed by atoms with van der Waals surface area (Å²) in [4.78, 5) is 132. The van der Waals surface area contributed by atoms with Gasteiger partial charge in [0.25, 0.3) is 0 Å². The van der Waals surface area contributed by atoms with E-state index in [1.807, 2.05) is 0 Å². The van der Waals surface area contributed by atoms with Crippen molar-refractivity contribution in [3.05, 3.63) is 23.8 Å². The van der Waals surface area contributed by atoms with Crippen LogP contribution in [0, 0.1) is 0 Å². The van der Waals surface area contributed by atoms with Gasteiger partial charge in [-0.05, 0) is 31.0 Å². The van der Waals surface area contributed by atoms with E-state index >= 15 is 0 Å². The predicted molar refractivity (Wildman–Crippen MR) is 205 cm³/mol. The maximum Gasteiger partial charge on any atom is 0.337 e. The fourth-order valence-corrected chi connectivity index (χ4v) is 5.90. The average Bonchev–Trinajstić information content (AvgIpc) is 3.16. The molecule has 58 heavy (non-hydrogen) atoms. The van der Waals surface area contributed by atoms with Crippen LogP contribution in [-0.2, 0) is 52.7 Å². The van der Waals surface area contributed by atoms with Crippen molar-refractivity contribution in [3.8, 4) is 0 Å². The van der Waals surface area contributed by atoms with Crippen LogP contribution >= 0.6 is 23.5 Å². The van der Waals surface area contributed by atoms with Crippen molar-refractivity contribution in [2.45, 2.75) is 49.9 Å². The van der Waals surface area contributed by atoms with Gasteiger partial charge in [-0.15, -0.1) is 23.5 Å². The molecule has 0 aliphatic carbocycles. The van der Waals surface area contributed by atoms with E-state index in [0.29, 0.717) is 0 Å². The summed E-state index contributed by atoms with van der Waals surface area (Å²) in [5, 5.41) is 49.6. The molecule has 0 saturated heterocycles. The number of nitrogens with two attached hydrogens (primary N) is 2. The molecule has 1 rings (SSSR count). The maximum absolute atomic E-state index is 13.0. The van der Waals surface area contributed by atoms with Crippen molar-refractivity contribution in [1.82, 2.24) is 21.3 Å². The first kappa shape index (κ1) is 50.0. The molecule has 0 aliphatic heterocycles. The number of hydrogen-bond acceptors (Lipinski definition) is 16. The number of carbonyl (C=O) groups is 11. The van der Waals surface area contributed by atoms with Gasteiger partial charge in [0.05, 0.1) is 35.6 Å². The first-order chi connectivity index (χ1) is 27.2. The van der Waals surface area contributed by atoms with Crippen molar-refractivity contribution >= 4 is 100 Å². The maximum atomic E-state index is 13.0. The monoisotopic (exact) mass is 860 g/mol. The van der Waals surface area contributed by atoms with E-state index in [1.54, 1.807) is 0 Å². The molecule has 0 bridgehead atoms. The number of ether oxygens (including phenoxy) is 1. The number of benzene rings is 1. The van der Waals surface area contributed by atoms with Gasteiger partial charge < -0.3 is 68.5 Å². The number of thioether (sulfide) groups is 2. The van der Waals surface area contributed by atoms with Gasteiger partial charge in [0.1, 0.15) is 37.3 Å². The second kappa shape index (κ2) is 26.0. The highest BCUT2D eigenvalue weighted by Crippen LogP contribution is 2.25. The third-order valence-electron chi connectivity index (χ3n) is 7.15. The van der Waals surface area contributed by atoms with Gasteiger partial charge in [-0.3, -0.25) is 47.9 Å². The third kappa shape index (κ3) is 20.3. The molecule has 4 unspecified atom stereocenters. The molecule has 0 radical (unpaired) electrons. The van der Waals surface area contributed by atoms with Gasteiger partial charge in [0.2, 0.25) is 35.4 Å². The SMILES string of the molecule is COC(=O)c1ccc(NC(=O)CSCC(NC(=O)CCC(N)C(=O)O)C(=O)NCC(=O)O)c(NC(=O)CSCC(NC(=O)CCC(N)C(=O)O)C(=O)NCC(=O)O)c1. The summed E-state index contributed by atoms with van der Waals surface area (Å²) in [6.07, 6.45) is -1.28. The lowest BCUT2D eigenvalue weighted by atomic mass is 10.1. The Kier molecular flexibility index (Phi) is 22.5. The fourth-order valence-electron chi connectivity index (χ4n) is 4.20. The van der Waals surface area contributed by atoms with E-state index in [9.17, 15) is 52.7 Å². The lowest BCUT2D eigenvalue weighted by molar-refractivity contribution is -0.140. The van der Waals surface area contributed by atoms with Crippen LogP contribution in [0.1, 0.15) is 36.0 Å².